The van der Waals surface area contributed by atoms with Gasteiger partial charge >= 0.3 is 0 Å². The van der Waals surface area contributed by atoms with E-state index in [9.17, 15) is 9.59 Å². The highest BCUT2D eigenvalue weighted by Gasteiger charge is 2.43. The molecule has 0 aliphatic carbocycles. The van der Waals surface area contributed by atoms with Gasteiger partial charge in [0.15, 0.2) is 0 Å². The Bertz CT molecular complexity index is 325. The van der Waals surface area contributed by atoms with Crippen LogP contribution in [0.25, 0.3) is 0 Å². The van der Waals surface area contributed by atoms with Crippen molar-refractivity contribution in [1.82, 2.24) is 10.2 Å². The number of thioether (sulfide) groups is 1. The number of piperazine rings is 1. The third-order valence-corrected chi connectivity index (χ3v) is 3.97. The Kier molecular flexibility index (Phi) is 5.08. The van der Waals surface area contributed by atoms with Crippen molar-refractivity contribution in [2.45, 2.75) is 46.2 Å². The van der Waals surface area contributed by atoms with Gasteiger partial charge in [-0.1, -0.05) is 20.8 Å². The average molecular weight is 272 g/mol. The normalized spacial score (nSPS) is 25.3. The van der Waals surface area contributed by atoms with Gasteiger partial charge in [0.25, 0.3) is 0 Å². The minimum absolute atomic E-state index is 0.0429. The van der Waals surface area contributed by atoms with Gasteiger partial charge in [0, 0.05) is 6.54 Å². The summed E-state index contributed by atoms with van der Waals surface area (Å²) in [5.74, 6) is 1.02. The van der Waals surface area contributed by atoms with E-state index in [1.165, 1.54) is 0 Å². The van der Waals surface area contributed by atoms with Gasteiger partial charge in [0.2, 0.25) is 11.8 Å². The zero-order chi connectivity index (χ0) is 13.9. The molecule has 18 heavy (non-hydrogen) atoms. The van der Waals surface area contributed by atoms with Gasteiger partial charge in [-0.05, 0) is 30.8 Å². The molecule has 0 aromatic rings. The topological polar surface area (TPSA) is 49.4 Å². The standard InChI is InChI=1S/C13H24N2O2S/c1-9-11(16)14-10(13(2,3)4)12(17)15(9)7-6-8-18-5/h9-10H,6-8H2,1-5H3,(H,14,16). The Balaban J connectivity index is 2.79. The van der Waals surface area contributed by atoms with E-state index in [1.807, 2.05) is 27.0 Å². The number of carbonyl (C=O) groups excluding carboxylic acids is 2. The third kappa shape index (κ3) is 3.40. The number of carbonyl (C=O) groups is 2. The van der Waals surface area contributed by atoms with E-state index in [0.29, 0.717) is 6.54 Å². The molecule has 2 atom stereocenters. The number of hydrogen-bond acceptors (Lipinski definition) is 3. The second-order valence-corrected chi connectivity index (χ2v) is 6.85. The maximum Gasteiger partial charge on any atom is 0.246 e. The Morgan fingerprint density at radius 1 is 1.33 bits per heavy atom. The Morgan fingerprint density at radius 3 is 2.44 bits per heavy atom. The highest BCUT2D eigenvalue weighted by Crippen LogP contribution is 2.25. The first-order valence-electron chi connectivity index (χ1n) is 6.39. The lowest BCUT2D eigenvalue weighted by molar-refractivity contribution is -0.151. The minimum Gasteiger partial charge on any atom is -0.342 e. The van der Waals surface area contributed by atoms with Crippen LogP contribution in [0.1, 0.15) is 34.1 Å². The molecule has 0 radical (unpaired) electrons. The summed E-state index contributed by atoms with van der Waals surface area (Å²) in [6.45, 7) is 8.40. The molecule has 1 saturated heterocycles. The number of hydrogen-bond donors (Lipinski definition) is 1. The van der Waals surface area contributed by atoms with E-state index >= 15 is 0 Å². The fraction of sp³-hybridized carbons (Fsp3) is 0.846. The predicted molar refractivity (Wildman–Crippen MR) is 75.6 cm³/mol. The fourth-order valence-electron chi connectivity index (χ4n) is 2.09. The summed E-state index contributed by atoms with van der Waals surface area (Å²) in [5, 5.41) is 2.84. The third-order valence-electron chi connectivity index (χ3n) is 3.28. The lowest BCUT2D eigenvalue weighted by Crippen LogP contribution is -2.65. The summed E-state index contributed by atoms with van der Waals surface area (Å²) < 4.78 is 0. The molecule has 0 saturated carbocycles. The van der Waals surface area contributed by atoms with Crippen molar-refractivity contribution in [1.29, 1.82) is 0 Å². The molecule has 4 nitrogen and oxygen atoms in total. The van der Waals surface area contributed by atoms with E-state index in [1.54, 1.807) is 23.6 Å². The smallest absolute Gasteiger partial charge is 0.246 e. The summed E-state index contributed by atoms with van der Waals surface area (Å²) in [6.07, 6.45) is 2.98. The van der Waals surface area contributed by atoms with Crippen LogP contribution in [0.4, 0.5) is 0 Å². The van der Waals surface area contributed by atoms with Crippen molar-refractivity contribution >= 4 is 23.6 Å². The molecule has 1 rings (SSSR count). The quantitative estimate of drug-likeness (QED) is 0.789. The van der Waals surface area contributed by atoms with Crippen LogP contribution in [-0.4, -0.2) is 47.4 Å². The molecule has 0 aromatic heterocycles. The van der Waals surface area contributed by atoms with Crippen molar-refractivity contribution in [3.63, 3.8) is 0 Å². The van der Waals surface area contributed by atoms with Crippen LogP contribution >= 0.6 is 11.8 Å². The van der Waals surface area contributed by atoms with E-state index in [0.717, 1.165) is 12.2 Å². The van der Waals surface area contributed by atoms with Gasteiger partial charge in [-0.25, -0.2) is 0 Å². The van der Waals surface area contributed by atoms with E-state index in [-0.39, 0.29) is 23.3 Å². The molecule has 0 bridgehead atoms. The van der Waals surface area contributed by atoms with Gasteiger partial charge in [0.05, 0.1) is 0 Å². The lowest BCUT2D eigenvalue weighted by Gasteiger charge is -2.42. The van der Waals surface area contributed by atoms with Crippen molar-refractivity contribution in [3.8, 4) is 0 Å². The van der Waals surface area contributed by atoms with Gasteiger partial charge in [-0.15, -0.1) is 0 Å². The second kappa shape index (κ2) is 5.95. The van der Waals surface area contributed by atoms with Crippen LogP contribution in [0.3, 0.4) is 0 Å². The number of nitrogens with one attached hydrogen (secondary N) is 1. The van der Waals surface area contributed by atoms with Crippen LogP contribution in [0.5, 0.6) is 0 Å². The maximum atomic E-state index is 12.4. The van der Waals surface area contributed by atoms with Crippen LogP contribution in [0.15, 0.2) is 0 Å². The monoisotopic (exact) mass is 272 g/mol. The zero-order valence-corrected chi connectivity index (χ0v) is 12.8. The highest BCUT2D eigenvalue weighted by molar-refractivity contribution is 7.98. The molecule has 104 valence electrons. The second-order valence-electron chi connectivity index (χ2n) is 5.86. The molecule has 0 spiro atoms. The van der Waals surface area contributed by atoms with Crippen LogP contribution in [0, 0.1) is 5.41 Å². The van der Waals surface area contributed by atoms with Crippen molar-refractivity contribution in [2.24, 2.45) is 5.41 Å². The SMILES string of the molecule is CSCCCN1C(=O)C(C(C)(C)C)NC(=O)C1C. The van der Waals surface area contributed by atoms with Gasteiger partial charge in [0.1, 0.15) is 12.1 Å². The predicted octanol–water partition coefficient (Wildman–Crippen LogP) is 1.50. The van der Waals surface area contributed by atoms with Crippen molar-refractivity contribution in [2.75, 3.05) is 18.6 Å². The fourth-order valence-corrected chi connectivity index (χ4v) is 2.51. The molecule has 5 heteroatoms. The lowest BCUT2D eigenvalue weighted by atomic mass is 9.84. The van der Waals surface area contributed by atoms with E-state index in [2.05, 4.69) is 5.32 Å². The first-order valence-corrected chi connectivity index (χ1v) is 7.78. The molecular weight excluding hydrogens is 248 g/mol. The van der Waals surface area contributed by atoms with Crippen LogP contribution < -0.4 is 5.32 Å². The summed E-state index contributed by atoms with van der Waals surface area (Å²) in [5.41, 5.74) is -0.245. The molecule has 2 amide bonds. The zero-order valence-electron chi connectivity index (χ0n) is 11.9. The van der Waals surface area contributed by atoms with Gasteiger partial charge in [-0.3, -0.25) is 9.59 Å². The Hall–Kier alpha value is -0.710. The molecule has 1 fully saturated rings. The molecule has 1 aliphatic rings. The van der Waals surface area contributed by atoms with Gasteiger partial charge in [-0.2, -0.15) is 11.8 Å². The number of rotatable bonds is 4. The molecule has 1 aliphatic heterocycles. The van der Waals surface area contributed by atoms with E-state index < -0.39 is 6.04 Å². The summed E-state index contributed by atoms with van der Waals surface area (Å²) >= 11 is 1.76. The number of amides is 2. The maximum absolute atomic E-state index is 12.4. The summed E-state index contributed by atoms with van der Waals surface area (Å²) in [6, 6.07) is -0.756. The van der Waals surface area contributed by atoms with Crippen LogP contribution in [0.2, 0.25) is 0 Å². The first-order chi connectivity index (χ1) is 8.29. The Labute approximate surface area is 114 Å². The van der Waals surface area contributed by atoms with Crippen LogP contribution in [-0.2, 0) is 9.59 Å². The highest BCUT2D eigenvalue weighted by atomic mass is 32.2. The van der Waals surface area contributed by atoms with Crippen molar-refractivity contribution in [3.05, 3.63) is 0 Å². The summed E-state index contributed by atoms with van der Waals surface area (Å²) in [7, 11) is 0. The van der Waals surface area contributed by atoms with Gasteiger partial charge < -0.3 is 10.2 Å². The average Bonchev–Trinajstić information content (AvgIpc) is 2.26. The minimum atomic E-state index is -0.407. The molecular formula is C13H24N2O2S. The summed E-state index contributed by atoms with van der Waals surface area (Å²) in [4.78, 5) is 26.1. The molecule has 0 aromatic carbocycles. The Morgan fingerprint density at radius 2 is 1.94 bits per heavy atom. The molecule has 1 heterocycles. The largest absolute Gasteiger partial charge is 0.342 e. The molecule has 2 unspecified atom stereocenters. The molecule has 1 N–H and O–H groups in total. The first kappa shape index (κ1) is 15.3. The van der Waals surface area contributed by atoms with E-state index in [4.69, 9.17) is 0 Å². The van der Waals surface area contributed by atoms with Crippen molar-refractivity contribution < 1.29 is 9.59 Å². The number of nitrogens with zero attached hydrogens (tertiary/aromatic N) is 1.